The molecule has 0 aliphatic carbocycles. The van der Waals surface area contributed by atoms with E-state index in [0.717, 1.165) is 25.1 Å². The molecule has 6 nitrogen and oxygen atoms in total. The van der Waals surface area contributed by atoms with Crippen molar-refractivity contribution in [3.63, 3.8) is 0 Å². The Morgan fingerprint density at radius 3 is 2.93 bits per heavy atom. The number of aromatic nitrogens is 2. The summed E-state index contributed by atoms with van der Waals surface area (Å²) in [7, 11) is 3.52. The molecule has 9 heteroatoms. The van der Waals surface area contributed by atoms with Gasteiger partial charge >= 0.3 is 6.61 Å². The van der Waals surface area contributed by atoms with E-state index >= 15 is 0 Å². The number of halogens is 3. The Balaban J connectivity index is 1.65. The lowest BCUT2D eigenvalue weighted by molar-refractivity contribution is -0.0506. The number of likely N-dealkylation sites (tertiary alicyclic amines) is 1. The summed E-state index contributed by atoms with van der Waals surface area (Å²) in [5.74, 6) is 0.143. The number of ether oxygens (including phenoxy) is 1. The number of hydrogen-bond donors (Lipinski definition) is 1. The normalized spacial score (nSPS) is 17.6. The SMILES string of the molecule is CN=C(NCc1c(F)cccc1OC(F)F)N1CCC(c2cnn(C)c2)C1. The smallest absolute Gasteiger partial charge is 0.387 e. The second kappa shape index (κ2) is 8.32. The lowest BCUT2D eigenvalue weighted by Gasteiger charge is -2.22. The molecule has 1 atom stereocenters. The molecule has 2 heterocycles. The van der Waals surface area contributed by atoms with Gasteiger partial charge < -0.3 is 15.0 Å². The van der Waals surface area contributed by atoms with Crippen LogP contribution in [0.2, 0.25) is 0 Å². The monoisotopic (exact) mass is 381 g/mol. The summed E-state index contributed by atoms with van der Waals surface area (Å²) in [6.45, 7) is -1.47. The van der Waals surface area contributed by atoms with E-state index in [2.05, 4.69) is 25.0 Å². The van der Waals surface area contributed by atoms with Crippen molar-refractivity contribution < 1.29 is 17.9 Å². The molecule has 146 valence electrons. The maximum Gasteiger partial charge on any atom is 0.387 e. The summed E-state index contributed by atoms with van der Waals surface area (Å²) in [5, 5.41) is 7.26. The highest BCUT2D eigenvalue weighted by Gasteiger charge is 2.27. The minimum absolute atomic E-state index is 0.00450. The molecule has 1 aliphatic heterocycles. The fraction of sp³-hybridized carbons (Fsp3) is 0.444. The molecule has 3 rings (SSSR count). The minimum Gasteiger partial charge on any atom is -0.434 e. The standard InChI is InChI=1S/C18H22F3N5O/c1-22-18(26-7-6-12(11-26)13-8-24-25(2)10-13)23-9-14-15(19)4-3-5-16(14)27-17(20)21/h3-5,8,10,12,17H,6-7,9,11H2,1-2H3,(H,22,23). The fourth-order valence-corrected chi connectivity index (χ4v) is 3.29. The zero-order chi connectivity index (χ0) is 19.4. The lowest BCUT2D eigenvalue weighted by atomic mass is 10.0. The summed E-state index contributed by atoms with van der Waals surface area (Å²) in [6.07, 6.45) is 4.81. The van der Waals surface area contributed by atoms with Gasteiger partial charge in [0, 0.05) is 51.4 Å². The van der Waals surface area contributed by atoms with Crippen LogP contribution in [0, 0.1) is 5.82 Å². The van der Waals surface area contributed by atoms with Crippen LogP contribution < -0.4 is 10.1 Å². The lowest BCUT2D eigenvalue weighted by Crippen LogP contribution is -2.39. The molecule has 1 aromatic carbocycles. The van der Waals surface area contributed by atoms with Crippen molar-refractivity contribution in [2.24, 2.45) is 12.0 Å². The van der Waals surface area contributed by atoms with Gasteiger partial charge in [-0.3, -0.25) is 9.67 Å². The first-order valence-electron chi connectivity index (χ1n) is 8.64. The number of alkyl halides is 2. The van der Waals surface area contributed by atoms with Crippen LogP contribution >= 0.6 is 0 Å². The first-order chi connectivity index (χ1) is 13.0. The summed E-state index contributed by atoms with van der Waals surface area (Å²) < 4.78 is 45.4. The van der Waals surface area contributed by atoms with Crippen LogP contribution in [-0.4, -0.2) is 47.4 Å². The van der Waals surface area contributed by atoms with Crippen LogP contribution in [0.3, 0.4) is 0 Å². The Bertz CT molecular complexity index is 808. The Hall–Kier alpha value is -2.71. The molecule has 0 spiro atoms. The minimum atomic E-state index is -3.01. The van der Waals surface area contributed by atoms with E-state index in [-0.39, 0.29) is 17.9 Å². The van der Waals surface area contributed by atoms with E-state index in [9.17, 15) is 13.2 Å². The Kier molecular flexibility index (Phi) is 5.88. The van der Waals surface area contributed by atoms with Gasteiger partial charge in [0.2, 0.25) is 0 Å². The molecule has 27 heavy (non-hydrogen) atoms. The first kappa shape index (κ1) is 19.1. The van der Waals surface area contributed by atoms with E-state index in [0.29, 0.717) is 11.9 Å². The van der Waals surface area contributed by atoms with Gasteiger partial charge in [-0.05, 0) is 24.1 Å². The molecule has 1 fully saturated rings. The number of nitrogens with one attached hydrogen (secondary N) is 1. The van der Waals surface area contributed by atoms with Gasteiger partial charge in [-0.25, -0.2) is 4.39 Å². The van der Waals surface area contributed by atoms with Crippen molar-refractivity contribution in [1.82, 2.24) is 20.0 Å². The van der Waals surface area contributed by atoms with E-state index in [4.69, 9.17) is 0 Å². The largest absolute Gasteiger partial charge is 0.434 e. The summed E-state index contributed by atoms with van der Waals surface area (Å²) in [6, 6.07) is 3.88. The first-order valence-corrected chi connectivity index (χ1v) is 8.64. The summed E-state index contributed by atoms with van der Waals surface area (Å²) >= 11 is 0. The van der Waals surface area contributed by atoms with Gasteiger partial charge in [-0.1, -0.05) is 6.07 Å². The highest BCUT2D eigenvalue weighted by Crippen LogP contribution is 2.27. The molecular weight excluding hydrogens is 359 g/mol. The van der Waals surface area contributed by atoms with Crippen molar-refractivity contribution in [2.75, 3.05) is 20.1 Å². The van der Waals surface area contributed by atoms with Crippen LogP contribution in [0.4, 0.5) is 13.2 Å². The van der Waals surface area contributed by atoms with Gasteiger partial charge in [-0.15, -0.1) is 0 Å². The second-order valence-corrected chi connectivity index (χ2v) is 6.37. The van der Waals surface area contributed by atoms with Gasteiger partial charge in [0.25, 0.3) is 0 Å². The maximum absolute atomic E-state index is 14.1. The maximum atomic E-state index is 14.1. The molecule has 1 aliphatic rings. The Labute approximate surface area is 155 Å². The molecule has 1 aromatic heterocycles. The molecule has 0 bridgehead atoms. The number of nitrogens with zero attached hydrogens (tertiary/aromatic N) is 4. The van der Waals surface area contributed by atoms with E-state index in [1.807, 2.05) is 19.4 Å². The van der Waals surface area contributed by atoms with Crippen LogP contribution in [0.5, 0.6) is 5.75 Å². The van der Waals surface area contributed by atoms with Crippen LogP contribution in [0.15, 0.2) is 35.6 Å². The molecule has 2 aromatic rings. The third-order valence-electron chi connectivity index (χ3n) is 4.61. The molecule has 1 saturated heterocycles. The third kappa shape index (κ3) is 4.53. The van der Waals surface area contributed by atoms with Crippen LogP contribution in [0.25, 0.3) is 0 Å². The van der Waals surface area contributed by atoms with Gasteiger partial charge in [-0.2, -0.15) is 13.9 Å². The molecule has 0 saturated carbocycles. The quantitative estimate of drug-likeness (QED) is 0.639. The highest BCUT2D eigenvalue weighted by molar-refractivity contribution is 5.80. The van der Waals surface area contributed by atoms with Gasteiger partial charge in [0.1, 0.15) is 11.6 Å². The van der Waals surface area contributed by atoms with E-state index < -0.39 is 12.4 Å². The number of aliphatic imine (C=N–C) groups is 1. The number of hydrogen-bond acceptors (Lipinski definition) is 3. The number of guanidine groups is 1. The molecule has 0 radical (unpaired) electrons. The summed E-state index contributed by atoms with van der Waals surface area (Å²) in [5.41, 5.74) is 1.21. The van der Waals surface area contributed by atoms with E-state index in [1.165, 1.54) is 18.2 Å². The zero-order valence-corrected chi connectivity index (χ0v) is 15.2. The van der Waals surface area contributed by atoms with Crippen molar-refractivity contribution in [1.29, 1.82) is 0 Å². The van der Waals surface area contributed by atoms with E-state index in [1.54, 1.807) is 11.7 Å². The van der Waals surface area contributed by atoms with Crippen molar-refractivity contribution in [2.45, 2.75) is 25.5 Å². The van der Waals surface area contributed by atoms with Crippen molar-refractivity contribution in [3.05, 3.63) is 47.5 Å². The van der Waals surface area contributed by atoms with Crippen molar-refractivity contribution in [3.8, 4) is 5.75 Å². The topological polar surface area (TPSA) is 54.7 Å². The zero-order valence-electron chi connectivity index (χ0n) is 15.2. The van der Waals surface area contributed by atoms with Gasteiger partial charge in [0.15, 0.2) is 5.96 Å². The number of aryl methyl sites for hydroxylation is 1. The Morgan fingerprint density at radius 1 is 1.44 bits per heavy atom. The average Bonchev–Trinajstić information content (AvgIpc) is 3.26. The third-order valence-corrected chi connectivity index (χ3v) is 4.61. The molecule has 1 unspecified atom stereocenters. The van der Waals surface area contributed by atoms with Crippen LogP contribution in [-0.2, 0) is 13.6 Å². The number of rotatable bonds is 5. The molecule has 1 N–H and O–H groups in total. The molecule has 0 amide bonds. The second-order valence-electron chi connectivity index (χ2n) is 6.37. The van der Waals surface area contributed by atoms with Gasteiger partial charge in [0.05, 0.1) is 6.20 Å². The Morgan fingerprint density at radius 2 is 2.26 bits per heavy atom. The summed E-state index contributed by atoms with van der Waals surface area (Å²) in [4.78, 5) is 6.30. The predicted octanol–water partition coefficient (Wildman–Crippen LogP) is 2.73. The van der Waals surface area contributed by atoms with Crippen molar-refractivity contribution >= 4 is 5.96 Å². The molecular formula is C18H22F3N5O. The fourth-order valence-electron chi connectivity index (χ4n) is 3.29. The average molecular weight is 381 g/mol. The number of benzene rings is 1. The van der Waals surface area contributed by atoms with Crippen LogP contribution in [0.1, 0.15) is 23.5 Å². The predicted molar refractivity (Wildman–Crippen MR) is 95.4 cm³/mol. The highest BCUT2D eigenvalue weighted by atomic mass is 19.3.